The predicted molar refractivity (Wildman–Crippen MR) is 34.3 cm³/mol. The van der Waals surface area contributed by atoms with E-state index in [1.54, 1.807) is 5.06 Å². The largest absolute Gasteiger partial charge is 0.313 e. The third-order valence-electron chi connectivity index (χ3n) is 2.66. The molecule has 2 rings (SSSR count). The van der Waals surface area contributed by atoms with E-state index in [1.165, 1.54) is 32.1 Å². The van der Waals surface area contributed by atoms with Crippen molar-refractivity contribution >= 4 is 0 Å². The van der Waals surface area contributed by atoms with Gasteiger partial charge in [-0.05, 0) is 25.7 Å². The van der Waals surface area contributed by atoms with Crippen LogP contribution in [0.15, 0.2) is 0 Å². The summed E-state index contributed by atoms with van der Waals surface area (Å²) in [6.07, 6.45) is 6.20. The smallest absolute Gasteiger partial charge is 0.0354 e. The molecule has 2 atom stereocenters. The van der Waals surface area contributed by atoms with Crippen LogP contribution in [0.2, 0.25) is 0 Å². The monoisotopic (exact) mass is 127 g/mol. The van der Waals surface area contributed by atoms with Crippen LogP contribution in [0.1, 0.15) is 32.1 Å². The minimum Gasteiger partial charge on any atom is -0.313 e. The van der Waals surface area contributed by atoms with Crippen LogP contribution in [0.25, 0.3) is 0 Å². The molecule has 2 unspecified atom stereocenters. The average molecular weight is 127 g/mol. The highest BCUT2D eigenvalue weighted by molar-refractivity contribution is 4.86. The van der Waals surface area contributed by atoms with Gasteiger partial charge in [-0.2, -0.15) is 5.06 Å². The Kier molecular flexibility index (Phi) is 1.24. The molecule has 2 fully saturated rings. The van der Waals surface area contributed by atoms with Crippen molar-refractivity contribution in [3.05, 3.63) is 0 Å². The first-order valence-corrected chi connectivity index (χ1v) is 3.85. The molecule has 0 spiro atoms. The van der Waals surface area contributed by atoms with E-state index in [0.717, 1.165) is 0 Å². The number of piperidine rings is 1. The molecule has 9 heavy (non-hydrogen) atoms. The van der Waals surface area contributed by atoms with Gasteiger partial charge >= 0.3 is 0 Å². The van der Waals surface area contributed by atoms with Crippen LogP contribution in [0.3, 0.4) is 0 Å². The van der Waals surface area contributed by atoms with Crippen LogP contribution >= 0.6 is 0 Å². The van der Waals surface area contributed by atoms with Crippen LogP contribution in [-0.4, -0.2) is 22.4 Å². The molecule has 2 aliphatic heterocycles. The molecule has 0 saturated carbocycles. The minimum atomic E-state index is 0.517. The van der Waals surface area contributed by atoms with Gasteiger partial charge in [-0.3, -0.25) is 0 Å². The molecule has 2 nitrogen and oxygen atoms in total. The lowest BCUT2D eigenvalue weighted by atomic mass is 10.1. The van der Waals surface area contributed by atoms with Gasteiger partial charge in [-0.1, -0.05) is 6.42 Å². The Balaban J connectivity index is 2.10. The van der Waals surface area contributed by atoms with Crippen molar-refractivity contribution < 1.29 is 5.21 Å². The van der Waals surface area contributed by atoms with Gasteiger partial charge in [0, 0.05) is 12.1 Å². The van der Waals surface area contributed by atoms with Crippen LogP contribution in [0.4, 0.5) is 0 Å². The maximum atomic E-state index is 9.34. The Morgan fingerprint density at radius 3 is 2.00 bits per heavy atom. The molecule has 2 bridgehead atoms. The Morgan fingerprint density at radius 2 is 1.56 bits per heavy atom. The Labute approximate surface area is 55.4 Å². The van der Waals surface area contributed by atoms with Gasteiger partial charge < -0.3 is 5.21 Å². The summed E-state index contributed by atoms with van der Waals surface area (Å²) in [7, 11) is 0. The van der Waals surface area contributed by atoms with Crippen molar-refractivity contribution in [1.29, 1.82) is 0 Å². The van der Waals surface area contributed by atoms with Gasteiger partial charge in [0.2, 0.25) is 0 Å². The minimum absolute atomic E-state index is 0.517. The summed E-state index contributed by atoms with van der Waals surface area (Å²) >= 11 is 0. The average Bonchev–Trinajstić information content (AvgIpc) is 2.19. The van der Waals surface area contributed by atoms with E-state index in [2.05, 4.69) is 0 Å². The zero-order valence-electron chi connectivity index (χ0n) is 5.58. The van der Waals surface area contributed by atoms with Gasteiger partial charge in [0.15, 0.2) is 0 Å². The SMILES string of the molecule is ON1C2CCCC1CC2. The molecular weight excluding hydrogens is 114 g/mol. The first-order valence-electron chi connectivity index (χ1n) is 3.85. The van der Waals surface area contributed by atoms with Crippen molar-refractivity contribution in [3.63, 3.8) is 0 Å². The maximum Gasteiger partial charge on any atom is 0.0354 e. The number of nitrogens with zero attached hydrogens (tertiary/aromatic N) is 1. The number of hydroxylamine groups is 2. The highest BCUT2D eigenvalue weighted by Gasteiger charge is 2.35. The fourth-order valence-electron chi connectivity index (χ4n) is 2.09. The predicted octanol–water partition coefficient (Wildman–Crippen LogP) is 1.39. The fraction of sp³-hybridized carbons (Fsp3) is 1.00. The molecule has 0 aromatic rings. The molecule has 0 radical (unpaired) electrons. The Hall–Kier alpha value is -0.0800. The third kappa shape index (κ3) is 0.775. The normalized spacial score (nSPS) is 43.7. The van der Waals surface area contributed by atoms with Gasteiger partial charge in [0.25, 0.3) is 0 Å². The van der Waals surface area contributed by atoms with Crippen molar-refractivity contribution in [2.75, 3.05) is 0 Å². The second kappa shape index (κ2) is 1.96. The van der Waals surface area contributed by atoms with E-state index in [9.17, 15) is 5.21 Å². The van der Waals surface area contributed by atoms with Crippen LogP contribution in [-0.2, 0) is 0 Å². The number of hydrogen-bond acceptors (Lipinski definition) is 2. The summed E-state index contributed by atoms with van der Waals surface area (Å²) in [5.74, 6) is 0. The summed E-state index contributed by atoms with van der Waals surface area (Å²) in [5.41, 5.74) is 0. The molecule has 2 heteroatoms. The number of fused-ring (bicyclic) bond motifs is 2. The summed E-state index contributed by atoms with van der Waals surface area (Å²) in [6, 6.07) is 1.03. The molecule has 1 N–H and O–H groups in total. The molecule has 0 aromatic carbocycles. The number of rotatable bonds is 0. The summed E-state index contributed by atoms with van der Waals surface area (Å²) in [5, 5.41) is 10.9. The molecule has 2 heterocycles. The first-order chi connectivity index (χ1) is 4.38. The third-order valence-corrected chi connectivity index (χ3v) is 2.66. The van der Waals surface area contributed by atoms with Crippen molar-refractivity contribution in [1.82, 2.24) is 5.06 Å². The molecule has 0 aromatic heterocycles. The lowest BCUT2D eigenvalue weighted by molar-refractivity contribution is -0.149. The van der Waals surface area contributed by atoms with Crippen LogP contribution in [0, 0.1) is 0 Å². The van der Waals surface area contributed by atoms with E-state index in [4.69, 9.17) is 0 Å². The van der Waals surface area contributed by atoms with Crippen molar-refractivity contribution in [2.24, 2.45) is 0 Å². The van der Waals surface area contributed by atoms with Crippen molar-refractivity contribution in [2.45, 2.75) is 44.2 Å². The van der Waals surface area contributed by atoms with Gasteiger partial charge in [0.1, 0.15) is 0 Å². The van der Waals surface area contributed by atoms with E-state index in [1.807, 2.05) is 0 Å². The summed E-state index contributed by atoms with van der Waals surface area (Å²) in [6.45, 7) is 0. The highest BCUT2D eigenvalue weighted by Crippen LogP contribution is 2.33. The summed E-state index contributed by atoms with van der Waals surface area (Å²) in [4.78, 5) is 0. The van der Waals surface area contributed by atoms with Crippen molar-refractivity contribution in [3.8, 4) is 0 Å². The standard InChI is InChI=1S/C7H13NO/c9-8-6-2-1-3-7(8)5-4-6/h6-7,9H,1-5H2. The van der Waals surface area contributed by atoms with E-state index in [-0.39, 0.29) is 0 Å². The molecular formula is C7H13NO. The van der Waals surface area contributed by atoms with E-state index in [0.29, 0.717) is 12.1 Å². The summed E-state index contributed by atoms with van der Waals surface area (Å²) < 4.78 is 0. The highest BCUT2D eigenvalue weighted by atomic mass is 16.5. The van der Waals surface area contributed by atoms with E-state index >= 15 is 0 Å². The number of hydrogen-bond donors (Lipinski definition) is 1. The second-order valence-electron chi connectivity index (χ2n) is 3.20. The zero-order chi connectivity index (χ0) is 6.27. The first kappa shape index (κ1) is 5.69. The Morgan fingerprint density at radius 1 is 1.00 bits per heavy atom. The van der Waals surface area contributed by atoms with E-state index < -0.39 is 0 Å². The lowest BCUT2D eigenvalue weighted by Gasteiger charge is -2.28. The van der Waals surface area contributed by atoms with Gasteiger partial charge in [0.05, 0.1) is 0 Å². The van der Waals surface area contributed by atoms with Crippen LogP contribution < -0.4 is 0 Å². The second-order valence-corrected chi connectivity index (χ2v) is 3.20. The topological polar surface area (TPSA) is 23.5 Å². The molecule has 52 valence electrons. The molecule has 2 saturated heterocycles. The fourth-order valence-corrected chi connectivity index (χ4v) is 2.09. The maximum absolute atomic E-state index is 9.34. The lowest BCUT2D eigenvalue weighted by Crippen LogP contribution is -2.36. The Bertz CT molecular complexity index is 99.5. The zero-order valence-corrected chi connectivity index (χ0v) is 5.58. The van der Waals surface area contributed by atoms with Crippen LogP contribution in [0.5, 0.6) is 0 Å². The molecule has 0 aliphatic carbocycles. The molecule has 0 amide bonds. The van der Waals surface area contributed by atoms with Gasteiger partial charge in [-0.15, -0.1) is 0 Å². The molecule has 2 aliphatic rings. The van der Waals surface area contributed by atoms with Gasteiger partial charge in [-0.25, -0.2) is 0 Å². The quantitative estimate of drug-likeness (QED) is 0.531.